The summed E-state index contributed by atoms with van der Waals surface area (Å²) < 4.78 is 0. The second-order valence-corrected chi connectivity index (χ2v) is 8.18. The van der Waals surface area contributed by atoms with Crippen molar-refractivity contribution in [3.05, 3.63) is 63.7 Å². The molecule has 7 nitrogen and oxygen atoms in total. The molecule has 1 atom stereocenters. The van der Waals surface area contributed by atoms with Crippen molar-refractivity contribution >= 4 is 35.1 Å². The van der Waals surface area contributed by atoms with Gasteiger partial charge in [0.2, 0.25) is 11.8 Å². The fraction of sp³-hybridized carbons (Fsp3) is 0.318. The molecule has 30 heavy (non-hydrogen) atoms. The SMILES string of the molecule is Cc1cc(Cl)ccc1NC(=O)NCc1ccc2c(c1)CN(C1CCC(=O)NC1=O)C2. The zero-order chi connectivity index (χ0) is 21.3. The topological polar surface area (TPSA) is 90.5 Å². The van der Waals surface area contributed by atoms with E-state index >= 15 is 0 Å². The molecule has 0 aliphatic carbocycles. The van der Waals surface area contributed by atoms with E-state index in [0.29, 0.717) is 43.2 Å². The van der Waals surface area contributed by atoms with E-state index in [2.05, 4.69) is 26.9 Å². The Hall–Kier alpha value is -2.90. The van der Waals surface area contributed by atoms with Crippen LogP contribution < -0.4 is 16.0 Å². The molecule has 3 N–H and O–H groups in total. The molecule has 2 aliphatic heterocycles. The van der Waals surface area contributed by atoms with Gasteiger partial charge in [-0.05, 0) is 53.8 Å². The van der Waals surface area contributed by atoms with Crippen LogP contribution in [-0.4, -0.2) is 28.8 Å². The minimum Gasteiger partial charge on any atom is -0.334 e. The molecule has 1 unspecified atom stereocenters. The standard InChI is InChI=1S/C22H23ClN4O3/c1-13-8-17(23)4-5-18(13)25-22(30)24-10-14-2-3-15-11-27(12-16(15)9-14)19-6-7-20(28)26-21(19)29/h2-5,8-9,19H,6-7,10-12H2,1H3,(H2,24,25,30)(H,26,28,29). The highest BCUT2D eigenvalue weighted by atomic mass is 35.5. The lowest BCUT2D eigenvalue weighted by Crippen LogP contribution is -2.50. The molecule has 1 fully saturated rings. The summed E-state index contributed by atoms with van der Waals surface area (Å²) in [6, 6.07) is 10.8. The van der Waals surface area contributed by atoms with Crippen LogP contribution in [0.1, 0.15) is 35.1 Å². The highest BCUT2D eigenvalue weighted by Crippen LogP contribution is 2.28. The number of amides is 4. The van der Waals surface area contributed by atoms with Crippen LogP contribution in [0.25, 0.3) is 0 Å². The van der Waals surface area contributed by atoms with Gasteiger partial charge < -0.3 is 10.6 Å². The van der Waals surface area contributed by atoms with Gasteiger partial charge in [0, 0.05) is 36.8 Å². The van der Waals surface area contributed by atoms with Crippen LogP contribution in [0.15, 0.2) is 36.4 Å². The monoisotopic (exact) mass is 426 g/mol. The van der Waals surface area contributed by atoms with Crippen LogP contribution in [0, 0.1) is 6.92 Å². The Kier molecular flexibility index (Phi) is 5.74. The van der Waals surface area contributed by atoms with Crippen LogP contribution in [0.4, 0.5) is 10.5 Å². The Morgan fingerprint density at radius 2 is 1.97 bits per heavy atom. The molecule has 8 heteroatoms. The molecule has 2 aromatic carbocycles. The van der Waals surface area contributed by atoms with Gasteiger partial charge in [0.15, 0.2) is 0 Å². The van der Waals surface area contributed by atoms with Crippen LogP contribution in [0.2, 0.25) is 5.02 Å². The number of rotatable bonds is 4. The second-order valence-electron chi connectivity index (χ2n) is 7.74. The van der Waals surface area contributed by atoms with Gasteiger partial charge in [-0.3, -0.25) is 19.8 Å². The Morgan fingerprint density at radius 1 is 1.17 bits per heavy atom. The van der Waals surface area contributed by atoms with Gasteiger partial charge in [0.05, 0.1) is 6.04 Å². The summed E-state index contributed by atoms with van der Waals surface area (Å²) in [4.78, 5) is 37.9. The molecule has 2 aromatic rings. The van der Waals surface area contributed by atoms with Gasteiger partial charge in [-0.15, -0.1) is 0 Å². The molecule has 0 aromatic heterocycles. The summed E-state index contributed by atoms with van der Waals surface area (Å²) in [7, 11) is 0. The minimum absolute atomic E-state index is 0.201. The number of piperidine rings is 1. The number of anilines is 1. The van der Waals surface area contributed by atoms with Gasteiger partial charge in [-0.1, -0.05) is 29.8 Å². The number of benzene rings is 2. The first kappa shape index (κ1) is 20.4. The second kappa shape index (κ2) is 8.45. The van der Waals surface area contributed by atoms with Crippen molar-refractivity contribution in [1.29, 1.82) is 0 Å². The number of hydrogen-bond acceptors (Lipinski definition) is 4. The lowest BCUT2D eigenvalue weighted by molar-refractivity contribution is -0.137. The summed E-state index contributed by atoms with van der Waals surface area (Å²) in [5.41, 5.74) is 4.91. The van der Waals surface area contributed by atoms with Crippen molar-refractivity contribution in [2.45, 2.75) is 45.4 Å². The van der Waals surface area contributed by atoms with Crippen molar-refractivity contribution in [3.8, 4) is 0 Å². The molecular formula is C22H23ClN4O3. The summed E-state index contributed by atoms with van der Waals surface area (Å²) in [5, 5.41) is 8.75. The minimum atomic E-state index is -0.286. The van der Waals surface area contributed by atoms with E-state index in [4.69, 9.17) is 11.6 Å². The molecule has 2 aliphatic rings. The van der Waals surface area contributed by atoms with Gasteiger partial charge in [0.25, 0.3) is 0 Å². The molecule has 2 heterocycles. The molecule has 1 saturated heterocycles. The molecular weight excluding hydrogens is 404 g/mol. The zero-order valence-electron chi connectivity index (χ0n) is 16.6. The number of imide groups is 1. The highest BCUT2D eigenvalue weighted by molar-refractivity contribution is 6.30. The number of nitrogens with one attached hydrogen (secondary N) is 3. The van der Waals surface area contributed by atoms with Crippen molar-refractivity contribution in [2.24, 2.45) is 0 Å². The Balaban J connectivity index is 1.34. The lowest BCUT2D eigenvalue weighted by Gasteiger charge is -2.29. The Morgan fingerprint density at radius 3 is 2.73 bits per heavy atom. The number of hydrogen-bond donors (Lipinski definition) is 3. The third-order valence-electron chi connectivity index (χ3n) is 5.56. The number of nitrogens with zero attached hydrogens (tertiary/aromatic N) is 1. The molecule has 0 radical (unpaired) electrons. The van der Waals surface area contributed by atoms with E-state index < -0.39 is 0 Å². The van der Waals surface area contributed by atoms with Crippen molar-refractivity contribution < 1.29 is 14.4 Å². The first-order valence-corrected chi connectivity index (χ1v) is 10.3. The van der Waals surface area contributed by atoms with Crippen molar-refractivity contribution in [3.63, 3.8) is 0 Å². The van der Waals surface area contributed by atoms with Gasteiger partial charge in [-0.2, -0.15) is 0 Å². The Bertz CT molecular complexity index is 1020. The van der Waals surface area contributed by atoms with Crippen molar-refractivity contribution in [1.82, 2.24) is 15.5 Å². The lowest BCUT2D eigenvalue weighted by atomic mass is 10.0. The van der Waals surface area contributed by atoms with E-state index in [0.717, 1.165) is 16.7 Å². The number of carbonyl (C=O) groups excluding carboxylic acids is 3. The Labute approximate surface area is 179 Å². The number of urea groups is 1. The third-order valence-corrected chi connectivity index (χ3v) is 5.79. The highest BCUT2D eigenvalue weighted by Gasteiger charge is 2.34. The van der Waals surface area contributed by atoms with Crippen molar-refractivity contribution in [2.75, 3.05) is 5.32 Å². The first-order valence-electron chi connectivity index (χ1n) is 9.88. The zero-order valence-corrected chi connectivity index (χ0v) is 17.4. The average Bonchev–Trinajstić information content (AvgIpc) is 3.11. The predicted octanol–water partition coefficient (Wildman–Crippen LogP) is 3.09. The molecule has 4 amide bonds. The van der Waals surface area contributed by atoms with E-state index in [1.807, 2.05) is 19.1 Å². The fourth-order valence-corrected chi connectivity index (χ4v) is 4.18. The number of aryl methyl sites for hydroxylation is 1. The quantitative estimate of drug-likeness (QED) is 0.655. The van der Waals surface area contributed by atoms with E-state index in [9.17, 15) is 14.4 Å². The van der Waals surface area contributed by atoms with Crippen LogP contribution >= 0.6 is 11.6 Å². The maximum atomic E-state index is 12.2. The molecule has 0 bridgehead atoms. The molecule has 0 spiro atoms. The van der Waals surface area contributed by atoms with E-state index in [1.54, 1.807) is 18.2 Å². The maximum absolute atomic E-state index is 12.2. The maximum Gasteiger partial charge on any atom is 0.319 e. The van der Waals surface area contributed by atoms with E-state index in [1.165, 1.54) is 5.56 Å². The van der Waals surface area contributed by atoms with Crippen LogP contribution in [-0.2, 0) is 29.2 Å². The third kappa shape index (κ3) is 4.47. The normalized spacial score (nSPS) is 18.7. The van der Waals surface area contributed by atoms with Gasteiger partial charge in [-0.25, -0.2) is 4.79 Å². The predicted molar refractivity (Wildman–Crippen MR) is 114 cm³/mol. The molecule has 4 rings (SSSR count). The van der Waals surface area contributed by atoms with Crippen LogP contribution in [0.5, 0.6) is 0 Å². The summed E-state index contributed by atoms with van der Waals surface area (Å²) in [5.74, 6) is -0.413. The smallest absolute Gasteiger partial charge is 0.319 e. The summed E-state index contributed by atoms with van der Waals surface area (Å²) in [6.45, 7) is 3.62. The average molecular weight is 427 g/mol. The van der Waals surface area contributed by atoms with Gasteiger partial charge in [0.1, 0.15) is 0 Å². The summed E-state index contributed by atoms with van der Waals surface area (Å²) >= 11 is 5.95. The van der Waals surface area contributed by atoms with Gasteiger partial charge >= 0.3 is 6.03 Å². The fourth-order valence-electron chi connectivity index (χ4n) is 3.95. The number of halogens is 1. The first-order chi connectivity index (χ1) is 14.4. The van der Waals surface area contributed by atoms with Crippen LogP contribution in [0.3, 0.4) is 0 Å². The summed E-state index contributed by atoms with van der Waals surface area (Å²) in [6.07, 6.45) is 0.929. The largest absolute Gasteiger partial charge is 0.334 e. The number of fused-ring (bicyclic) bond motifs is 1. The number of carbonyl (C=O) groups is 3. The molecule has 156 valence electrons. The molecule has 0 saturated carbocycles. The van der Waals surface area contributed by atoms with E-state index in [-0.39, 0.29) is 23.9 Å².